The van der Waals surface area contributed by atoms with Crippen molar-refractivity contribution in [3.63, 3.8) is 0 Å². The van der Waals surface area contributed by atoms with E-state index in [0.717, 1.165) is 0 Å². The van der Waals surface area contributed by atoms with Crippen LogP contribution in [0.2, 0.25) is 0 Å². The monoisotopic (exact) mass is 164 g/mol. The Morgan fingerprint density at radius 1 is 0.909 bits per heavy atom. The fraction of sp³-hybridized carbons (Fsp3) is 1.00. The van der Waals surface area contributed by atoms with Crippen LogP contribution in [0.4, 0.5) is 8.78 Å². The third-order valence-corrected chi connectivity index (χ3v) is 2.38. The summed E-state index contributed by atoms with van der Waals surface area (Å²) >= 11 is 0. The highest BCUT2D eigenvalue weighted by Crippen LogP contribution is 2.36. The van der Waals surface area contributed by atoms with Gasteiger partial charge in [-0.2, -0.15) is 0 Å². The number of hydrogen-bond donors (Lipinski definition) is 0. The van der Waals surface area contributed by atoms with Crippen LogP contribution in [0.1, 0.15) is 34.6 Å². The van der Waals surface area contributed by atoms with Gasteiger partial charge in [0, 0.05) is 11.8 Å². The number of halogens is 2. The Hall–Kier alpha value is -0.140. The first-order chi connectivity index (χ1) is 4.80. The van der Waals surface area contributed by atoms with Crippen LogP contribution >= 0.6 is 0 Å². The fourth-order valence-electron chi connectivity index (χ4n) is 0.970. The van der Waals surface area contributed by atoms with Gasteiger partial charge in [-0.3, -0.25) is 0 Å². The largest absolute Gasteiger partial charge is 0.253 e. The Morgan fingerprint density at radius 3 is 1.36 bits per heavy atom. The molecule has 0 aromatic heterocycles. The maximum atomic E-state index is 13.2. The van der Waals surface area contributed by atoms with E-state index in [2.05, 4.69) is 0 Å². The molecule has 0 N–H and O–H groups in total. The number of alkyl halides is 2. The summed E-state index contributed by atoms with van der Waals surface area (Å²) in [6.07, 6.45) is 0. The fourth-order valence-corrected chi connectivity index (χ4v) is 0.970. The van der Waals surface area contributed by atoms with Crippen molar-refractivity contribution in [2.45, 2.75) is 40.5 Å². The molecular formula is C9H18F2. The molecule has 0 saturated carbocycles. The van der Waals surface area contributed by atoms with Crippen molar-refractivity contribution in [2.24, 2.45) is 17.8 Å². The lowest BCUT2D eigenvalue weighted by Crippen LogP contribution is -2.35. The maximum Gasteiger partial charge on any atom is 0.253 e. The van der Waals surface area contributed by atoms with Crippen LogP contribution < -0.4 is 0 Å². The third-order valence-electron chi connectivity index (χ3n) is 2.38. The van der Waals surface area contributed by atoms with Crippen LogP contribution in [0.3, 0.4) is 0 Å². The second kappa shape index (κ2) is 3.51. The second-order valence-corrected chi connectivity index (χ2v) is 3.86. The average molecular weight is 164 g/mol. The number of hydrogen-bond acceptors (Lipinski definition) is 0. The molecule has 11 heavy (non-hydrogen) atoms. The number of rotatable bonds is 3. The highest BCUT2D eigenvalue weighted by molar-refractivity contribution is 4.78. The Labute approximate surface area is 68.0 Å². The van der Waals surface area contributed by atoms with E-state index >= 15 is 0 Å². The van der Waals surface area contributed by atoms with Crippen LogP contribution in [-0.2, 0) is 0 Å². The molecule has 2 heteroatoms. The molecule has 0 heterocycles. The molecule has 0 fully saturated rings. The van der Waals surface area contributed by atoms with Crippen molar-refractivity contribution >= 4 is 0 Å². The van der Waals surface area contributed by atoms with Crippen molar-refractivity contribution in [1.29, 1.82) is 0 Å². The van der Waals surface area contributed by atoms with E-state index in [1.165, 1.54) is 0 Å². The Balaban J connectivity index is 4.29. The predicted molar refractivity (Wildman–Crippen MR) is 43.8 cm³/mol. The van der Waals surface area contributed by atoms with Crippen molar-refractivity contribution in [2.75, 3.05) is 0 Å². The molecular weight excluding hydrogens is 146 g/mol. The van der Waals surface area contributed by atoms with Gasteiger partial charge in [-0.25, -0.2) is 8.78 Å². The van der Waals surface area contributed by atoms with Crippen LogP contribution in [0, 0.1) is 17.8 Å². The Morgan fingerprint density at radius 2 is 1.27 bits per heavy atom. The van der Waals surface area contributed by atoms with Gasteiger partial charge in [0.05, 0.1) is 0 Å². The summed E-state index contributed by atoms with van der Waals surface area (Å²) in [7, 11) is 0. The van der Waals surface area contributed by atoms with Gasteiger partial charge in [0.2, 0.25) is 0 Å². The summed E-state index contributed by atoms with van der Waals surface area (Å²) in [5.74, 6) is -3.55. The van der Waals surface area contributed by atoms with Gasteiger partial charge in [-0.05, 0) is 5.92 Å². The van der Waals surface area contributed by atoms with Crippen molar-refractivity contribution < 1.29 is 8.78 Å². The van der Waals surface area contributed by atoms with Gasteiger partial charge in [-0.1, -0.05) is 34.6 Å². The first-order valence-corrected chi connectivity index (χ1v) is 4.18. The highest BCUT2D eigenvalue weighted by Gasteiger charge is 2.40. The minimum absolute atomic E-state index is 0.0485. The summed E-state index contributed by atoms with van der Waals surface area (Å²) in [5.41, 5.74) is 0. The minimum atomic E-state index is -2.52. The average Bonchev–Trinajstić information content (AvgIpc) is 1.85. The molecule has 0 amide bonds. The van der Waals surface area contributed by atoms with E-state index in [1.54, 1.807) is 20.8 Å². The van der Waals surface area contributed by atoms with Gasteiger partial charge >= 0.3 is 0 Å². The zero-order chi connectivity index (χ0) is 9.23. The van der Waals surface area contributed by atoms with Crippen LogP contribution in [0.5, 0.6) is 0 Å². The van der Waals surface area contributed by atoms with Gasteiger partial charge in [0.1, 0.15) is 0 Å². The van der Waals surface area contributed by atoms with E-state index in [9.17, 15) is 8.78 Å². The van der Waals surface area contributed by atoms with Gasteiger partial charge in [0.15, 0.2) is 0 Å². The molecule has 0 spiro atoms. The molecule has 0 radical (unpaired) electrons. The summed E-state index contributed by atoms with van der Waals surface area (Å²) in [5, 5.41) is 0. The zero-order valence-electron chi connectivity index (χ0n) is 7.99. The van der Waals surface area contributed by atoms with Gasteiger partial charge in [-0.15, -0.1) is 0 Å². The second-order valence-electron chi connectivity index (χ2n) is 3.86. The summed E-state index contributed by atoms with van der Waals surface area (Å²) in [6, 6.07) is 0. The molecule has 0 unspecified atom stereocenters. The topological polar surface area (TPSA) is 0 Å². The molecule has 0 bridgehead atoms. The normalized spacial score (nSPS) is 16.1. The van der Waals surface area contributed by atoms with Crippen LogP contribution in [0.25, 0.3) is 0 Å². The lowest BCUT2D eigenvalue weighted by molar-refractivity contribution is -0.105. The maximum absolute atomic E-state index is 13.2. The highest BCUT2D eigenvalue weighted by atomic mass is 19.3. The van der Waals surface area contributed by atoms with Gasteiger partial charge < -0.3 is 0 Å². The molecule has 0 aromatic rings. The minimum Gasteiger partial charge on any atom is -0.206 e. The molecule has 68 valence electrons. The molecule has 0 aromatic carbocycles. The van der Waals surface area contributed by atoms with Crippen molar-refractivity contribution in [3.8, 4) is 0 Å². The standard InChI is InChI=1S/C9H18F2/c1-6(2)8(5)9(10,11)7(3)4/h6-8H,1-5H3/t8-/m1/s1. The van der Waals surface area contributed by atoms with E-state index < -0.39 is 17.8 Å². The van der Waals surface area contributed by atoms with E-state index in [4.69, 9.17) is 0 Å². The van der Waals surface area contributed by atoms with Crippen LogP contribution in [0.15, 0.2) is 0 Å². The van der Waals surface area contributed by atoms with Crippen molar-refractivity contribution in [3.05, 3.63) is 0 Å². The molecule has 0 aliphatic rings. The molecule has 0 aliphatic heterocycles. The van der Waals surface area contributed by atoms with Crippen molar-refractivity contribution in [1.82, 2.24) is 0 Å². The lowest BCUT2D eigenvalue weighted by atomic mass is 9.85. The Kier molecular flexibility index (Phi) is 3.46. The molecule has 0 rings (SSSR count). The zero-order valence-corrected chi connectivity index (χ0v) is 7.99. The smallest absolute Gasteiger partial charge is 0.206 e. The molecule has 1 atom stereocenters. The van der Waals surface area contributed by atoms with Gasteiger partial charge in [0.25, 0.3) is 5.92 Å². The SMILES string of the molecule is CC(C)[C@@H](C)C(F)(F)C(C)C. The summed E-state index contributed by atoms with van der Waals surface area (Å²) in [6.45, 7) is 8.42. The molecule has 0 aliphatic carbocycles. The summed E-state index contributed by atoms with van der Waals surface area (Å²) < 4.78 is 26.4. The Bertz CT molecular complexity index is 117. The van der Waals surface area contributed by atoms with Crippen LogP contribution in [-0.4, -0.2) is 5.92 Å². The van der Waals surface area contributed by atoms with E-state index in [0.29, 0.717) is 0 Å². The molecule has 0 saturated heterocycles. The third kappa shape index (κ3) is 2.42. The molecule has 0 nitrogen and oxygen atoms in total. The summed E-state index contributed by atoms with van der Waals surface area (Å²) in [4.78, 5) is 0. The van der Waals surface area contributed by atoms with E-state index in [-0.39, 0.29) is 5.92 Å². The first kappa shape index (κ1) is 10.9. The predicted octanol–water partition coefficient (Wildman–Crippen LogP) is 3.57. The first-order valence-electron chi connectivity index (χ1n) is 4.18. The quantitative estimate of drug-likeness (QED) is 0.598. The lowest BCUT2D eigenvalue weighted by Gasteiger charge is -2.29. The van der Waals surface area contributed by atoms with E-state index in [1.807, 2.05) is 13.8 Å².